The van der Waals surface area contributed by atoms with Crippen molar-refractivity contribution in [1.82, 2.24) is 29.9 Å². The van der Waals surface area contributed by atoms with E-state index in [1.807, 2.05) is 30.3 Å². The highest BCUT2D eigenvalue weighted by atomic mass is 19.1. The summed E-state index contributed by atoms with van der Waals surface area (Å²) in [5, 5.41) is 16.6. The van der Waals surface area contributed by atoms with Crippen LogP contribution in [0.5, 0.6) is 5.75 Å². The van der Waals surface area contributed by atoms with E-state index < -0.39 is 0 Å². The van der Waals surface area contributed by atoms with Crippen LogP contribution in [0.15, 0.2) is 42.5 Å². The summed E-state index contributed by atoms with van der Waals surface area (Å²) in [5.41, 5.74) is 11.6. The number of nitrogens with zero attached hydrogens (tertiary/aromatic N) is 7. The number of rotatable bonds is 6. The molecule has 10 nitrogen and oxygen atoms in total. The molecule has 4 aromatic rings. The molecule has 1 saturated heterocycles. The van der Waals surface area contributed by atoms with Crippen LogP contribution in [-0.2, 0) is 12.8 Å². The summed E-state index contributed by atoms with van der Waals surface area (Å²) >= 11 is 0. The van der Waals surface area contributed by atoms with Gasteiger partial charge in [0.15, 0.2) is 5.82 Å². The van der Waals surface area contributed by atoms with Crippen LogP contribution in [0.4, 0.5) is 27.7 Å². The van der Waals surface area contributed by atoms with E-state index in [-0.39, 0.29) is 17.7 Å². The summed E-state index contributed by atoms with van der Waals surface area (Å²) in [5.74, 6) is 1.49. The highest BCUT2D eigenvalue weighted by molar-refractivity contribution is 5.69. The van der Waals surface area contributed by atoms with E-state index in [2.05, 4.69) is 41.5 Å². The zero-order valence-corrected chi connectivity index (χ0v) is 24.6. The van der Waals surface area contributed by atoms with Crippen molar-refractivity contribution in [1.29, 1.82) is 0 Å². The summed E-state index contributed by atoms with van der Waals surface area (Å²) in [7, 11) is 1.68. The van der Waals surface area contributed by atoms with Crippen molar-refractivity contribution in [2.45, 2.75) is 57.4 Å². The van der Waals surface area contributed by atoms with Gasteiger partial charge in [0, 0.05) is 43.5 Å². The monoisotopic (exact) mass is 583 g/mol. The van der Waals surface area contributed by atoms with Crippen LogP contribution >= 0.6 is 0 Å². The predicted octanol–water partition coefficient (Wildman–Crippen LogP) is 5.14. The lowest BCUT2D eigenvalue weighted by Crippen LogP contribution is -2.51. The van der Waals surface area contributed by atoms with Crippen molar-refractivity contribution in [3.63, 3.8) is 0 Å². The Labute approximate surface area is 251 Å². The summed E-state index contributed by atoms with van der Waals surface area (Å²) in [6.45, 7) is 3.64. The number of fused-ring (bicyclic) bond motifs is 3. The minimum atomic E-state index is -0.266. The number of anilines is 4. The molecule has 7 rings (SSSR count). The highest BCUT2D eigenvalue weighted by Crippen LogP contribution is 2.34. The fourth-order valence-corrected chi connectivity index (χ4v) is 6.83. The lowest BCUT2D eigenvalue weighted by Gasteiger charge is -2.41. The quantitative estimate of drug-likeness (QED) is 0.319. The van der Waals surface area contributed by atoms with Crippen molar-refractivity contribution in [2.24, 2.45) is 0 Å². The molecular formula is C32H38FN9O. The number of aryl methyl sites for hydroxylation is 2. The number of piperazine rings is 1. The standard InChI is InChI=1S/C32H38FN9O/c1-43-25-11-12-26-21(18-25)6-5-7-22-19-29(37-38-30(22)26)42-31(34)36-32(39-42)35-23-10-13-28(27(33)20-23)41-16-14-40(15-17-41)24-8-3-2-4-9-24/h10-13,18-20,24H,2-9,14-17H2,1H3,(H3,34,35,36,39). The van der Waals surface area contributed by atoms with Gasteiger partial charge < -0.3 is 20.7 Å². The second-order valence-corrected chi connectivity index (χ2v) is 11.8. The maximum absolute atomic E-state index is 15.3. The minimum absolute atomic E-state index is 0.170. The maximum atomic E-state index is 15.3. The van der Waals surface area contributed by atoms with Gasteiger partial charge >= 0.3 is 0 Å². The van der Waals surface area contributed by atoms with E-state index in [0.29, 0.717) is 23.2 Å². The Morgan fingerprint density at radius 1 is 0.907 bits per heavy atom. The predicted molar refractivity (Wildman–Crippen MR) is 166 cm³/mol. The van der Waals surface area contributed by atoms with E-state index in [0.717, 1.165) is 68.0 Å². The smallest absolute Gasteiger partial charge is 0.248 e. The SMILES string of the molecule is COc1ccc2c(c1)CCCc1cc(-n3nc(Nc4ccc(N5CCN(C6CCCCC6)CC5)c(F)c4)nc3N)nnc1-2. The lowest BCUT2D eigenvalue weighted by atomic mass is 9.94. The van der Waals surface area contributed by atoms with E-state index in [4.69, 9.17) is 10.5 Å². The molecule has 2 fully saturated rings. The van der Waals surface area contributed by atoms with Crippen LogP contribution in [0.3, 0.4) is 0 Å². The van der Waals surface area contributed by atoms with Crippen LogP contribution in [0, 0.1) is 5.82 Å². The lowest BCUT2D eigenvalue weighted by molar-refractivity contribution is 0.147. The Kier molecular flexibility index (Phi) is 7.56. The number of benzene rings is 2. The molecule has 3 N–H and O–H groups in total. The van der Waals surface area contributed by atoms with Crippen molar-refractivity contribution < 1.29 is 9.13 Å². The first-order chi connectivity index (χ1) is 21.1. The van der Waals surface area contributed by atoms with Crippen molar-refractivity contribution in [3.8, 4) is 22.8 Å². The number of aromatic nitrogens is 5. The Hall–Kier alpha value is -4.25. The van der Waals surface area contributed by atoms with E-state index in [1.165, 1.54) is 48.4 Å². The Morgan fingerprint density at radius 2 is 1.72 bits per heavy atom. The summed E-state index contributed by atoms with van der Waals surface area (Å²) < 4.78 is 22.2. The number of nitrogen functional groups attached to an aromatic ring is 1. The van der Waals surface area contributed by atoms with Crippen molar-refractivity contribution >= 4 is 23.3 Å². The molecule has 0 amide bonds. The molecule has 0 radical (unpaired) electrons. The van der Waals surface area contributed by atoms with Crippen LogP contribution in [-0.4, -0.2) is 69.2 Å². The largest absolute Gasteiger partial charge is 0.497 e. The maximum Gasteiger partial charge on any atom is 0.248 e. The Balaban J connectivity index is 1.04. The fraction of sp³-hybridized carbons (Fsp3) is 0.438. The van der Waals surface area contributed by atoms with Crippen LogP contribution in [0.1, 0.15) is 49.7 Å². The number of ether oxygens (including phenoxy) is 1. The van der Waals surface area contributed by atoms with E-state index in [1.54, 1.807) is 7.11 Å². The molecule has 224 valence electrons. The average molecular weight is 584 g/mol. The first kappa shape index (κ1) is 27.6. The van der Waals surface area contributed by atoms with Gasteiger partial charge in [-0.25, -0.2) is 4.39 Å². The molecular weight excluding hydrogens is 545 g/mol. The number of halogens is 1. The molecule has 2 aromatic carbocycles. The van der Waals surface area contributed by atoms with Crippen molar-refractivity contribution in [2.75, 3.05) is 49.2 Å². The number of nitrogens with two attached hydrogens (primary N) is 1. The first-order valence-electron chi connectivity index (χ1n) is 15.4. The first-order valence-corrected chi connectivity index (χ1v) is 15.4. The number of methoxy groups -OCH3 is 1. The summed E-state index contributed by atoms with van der Waals surface area (Å²) in [4.78, 5) is 9.11. The molecule has 1 saturated carbocycles. The summed E-state index contributed by atoms with van der Waals surface area (Å²) in [6, 6.07) is 13.9. The molecule has 0 atom stereocenters. The van der Waals surface area contributed by atoms with Gasteiger partial charge in [-0.15, -0.1) is 15.3 Å². The van der Waals surface area contributed by atoms with Crippen LogP contribution in [0.2, 0.25) is 0 Å². The van der Waals surface area contributed by atoms with Gasteiger partial charge in [-0.05, 0) is 85.7 Å². The molecule has 2 aromatic heterocycles. The molecule has 43 heavy (non-hydrogen) atoms. The second kappa shape index (κ2) is 11.8. The molecule has 0 spiro atoms. The van der Waals surface area contributed by atoms with E-state index >= 15 is 4.39 Å². The third-order valence-electron chi connectivity index (χ3n) is 9.12. The molecule has 11 heteroatoms. The molecule has 3 heterocycles. The highest BCUT2D eigenvalue weighted by Gasteiger charge is 2.26. The summed E-state index contributed by atoms with van der Waals surface area (Å²) in [6.07, 6.45) is 9.39. The molecule has 2 aliphatic carbocycles. The van der Waals surface area contributed by atoms with Gasteiger partial charge in [-0.1, -0.05) is 19.3 Å². The molecule has 1 aliphatic heterocycles. The Bertz CT molecular complexity index is 1610. The second-order valence-electron chi connectivity index (χ2n) is 11.8. The number of nitrogens with one attached hydrogen (secondary N) is 1. The van der Waals surface area contributed by atoms with Crippen LogP contribution < -0.4 is 20.7 Å². The van der Waals surface area contributed by atoms with Gasteiger partial charge in [0.2, 0.25) is 11.9 Å². The third kappa shape index (κ3) is 5.61. The van der Waals surface area contributed by atoms with Gasteiger partial charge in [-0.2, -0.15) is 9.67 Å². The van der Waals surface area contributed by atoms with Gasteiger partial charge in [0.1, 0.15) is 11.6 Å². The van der Waals surface area contributed by atoms with Gasteiger partial charge in [0.25, 0.3) is 0 Å². The topological polar surface area (TPSA) is 110 Å². The normalized spacial score (nSPS) is 17.7. The minimum Gasteiger partial charge on any atom is -0.497 e. The third-order valence-corrected chi connectivity index (χ3v) is 9.12. The van der Waals surface area contributed by atoms with Crippen LogP contribution in [0.25, 0.3) is 17.1 Å². The zero-order chi connectivity index (χ0) is 29.3. The Morgan fingerprint density at radius 3 is 2.51 bits per heavy atom. The van der Waals surface area contributed by atoms with E-state index in [9.17, 15) is 0 Å². The fourth-order valence-electron chi connectivity index (χ4n) is 6.83. The molecule has 0 bridgehead atoms. The molecule has 3 aliphatic rings. The molecule has 0 unspecified atom stereocenters. The zero-order valence-electron chi connectivity index (χ0n) is 24.6. The van der Waals surface area contributed by atoms with Crippen molar-refractivity contribution in [3.05, 3.63) is 59.4 Å². The number of hydrogen-bond donors (Lipinski definition) is 2. The average Bonchev–Trinajstić information content (AvgIpc) is 3.30. The van der Waals surface area contributed by atoms with Gasteiger partial charge in [0.05, 0.1) is 18.5 Å². The number of hydrogen-bond acceptors (Lipinski definition) is 9. The van der Waals surface area contributed by atoms with Gasteiger partial charge in [-0.3, -0.25) is 4.90 Å².